The molecule has 0 radical (unpaired) electrons. The van der Waals surface area contributed by atoms with Crippen LogP contribution in [0.4, 0.5) is 11.5 Å². The van der Waals surface area contributed by atoms with Gasteiger partial charge in [-0.1, -0.05) is 41.9 Å². The van der Waals surface area contributed by atoms with Crippen molar-refractivity contribution in [3.05, 3.63) is 89.1 Å². The van der Waals surface area contributed by atoms with Crippen molar-refractivity contribution in [2.75, 3.05) is 11.9 Å². The zero-order valence-electron chi connectivity index (χ0n) is 13.6. The van der Waals surface area contributed by atoms with Gasteiger partial charge in [0, 0.05) is 23.5 Å². The molecule has 2 aromatic carbocycles. The average Bonchev–Trinajstić information content (AvgIpc) is 2.65. The lowest BCUT2D eigenvalue weighted by Crippen LogP contribution is -2.25. The quantitative estimate of drug-likeness (QED) is 0.689. The number of pyridine rings is 1. The van der Waals surface area contributed by atoms with Crippen LogP contribution in [0.2, 0.25) is 5.02 Å². The molecule has 0 unspecified atom stereocenters. The van der Waals surface area contributed by atoms with Gasteiger partial charge in [-0.2, -0.15) is 0 Å². The zero-order valence-corrected chi connectivity index (χ0v) is 14.3. The second-order valence-corrected chi connectivity index (χ2v) is 5.99. The van der Waals surface area contributed by atoms with E-state index in [9.17, 15) is 4.79 Å². The lowest BCUT2D eigenvalue weighted by molar-refractivity contribution is 0.0954. The number of halogens is 1. The molecule has 0 aliphatic rings. The highest BCUT2D eigenvalue weighted by Crippen LogP contribution is 2.14. The van der Waals surface area contributed by atoms with E-state index in [-0.39, 0.29) is 5.91 Å². The van der Waals surface area contributed by atoms with Crippen LogP contribution in [0.5, 0.6) is 0 Å². The van der Waals surface area contributed by atoms with Gasteiger partial charge in [0.05, 0.1) is 5.56 Å². The summed E-state index contributed by atoms with van der Waals surface area (Å²) in [6.45, 7) is 0.560. The Kier molecular flexibility index (Phi) is 5.65. The van der Waals surface area contributed by atoms with E-state index in [4.69, 9.17) is 11.6 Å². The van der Waals surface area contributed by atoms with Crippen molar-refractivity contribution in [3.8, 4) is 0 Å². The third kappa shape index (κ3) is 5.06. The van der Waals surface area contributed by atoms with Crippen LogP contribution in [0.15, 0.2) is 72.9 Å². The molecule has 25 heavy (non-hydrogen) atoms. The molecule has 4 nitrogen and oxygen atoms in total. The number of hydrogen-bond acceptors (Lipinski definition) is 3. The molecule has 0 aliphatic heterocycles. The Hall–Kier alpha value is -2.85. The van der Waals surface area contributed by atoms with Crippen LogP contribution in [0.25, 0.3) is 0 Å². The summed E-state index contributed by atoms with van der Waals surface area (Å²) in [5.74, 6) is 0.566. The third-order valence-corrected chi connectivity index (χ3v) is 3.94. The number of carbonyl (C=O) groups is 1. The number of aromatic nitrogens is 1. The summed E-state index contributed by atoms with van der Waals surface area (Å²) in [7, 11) is 0. The van der Waals surface area contributed by atoms with Gasteiger partial charge in [0.25, 0.3) is 5.91 Å². The third-order valence-electron chi connectivity index (χ3n) is 3.68. The summed E-state index contributed by atoms with van der Waals surface area (Å²) < 4.78 is 0. The van der Waals surface area contributed by atoms with Crippen LogP contribution in [0.3, 0.4) is 0 Å². The number of anilines is 2. The van der Waals surface area contributed by atoms with Crippen LogP contribution in [-0.4, -0.2) is 17.4 Å². The highest BCUT2D eigenvalue weighted by molar-refractivity contribution is 6.30. The van der Waals surface area contributed by atoms with E-state index in [0.29, 0.717) is 22.9 Å². The SMILES string of the molecule is O=C(NCCc1ccc(Cl)cc1)c1ccc(Nc2ccccc2)nc1. The molecule has 5 heteroatoms. The number of carbonyl (C=O) groups excluding carboxylic acids is 1. The van der Waals surface area contributed by atoms with Gasteiger partial charge < -0.3 is 10.6 Å². The van der Waals surface area contributed by atoms with Crippen molar-refractivity contribution < 1.29 is 4.79 Å². The molecule has 0 spiro atoms. The zero-order chi connectivity index (χ0) is 17.5. The Labute approximate surface area is 151 Å². The molecular formula is C20H18ClN3O. The van der Waals surface area contributed by atoms with Crippen molar-refractivity contribution in [1.29, 1.82) is 0 Å². The first kappa shape index (κ1) is 17.0. The summed E-state index contributed by atoms with van der Waals surface area (Å²) in [6, 6.07) is 20.9. The van der Waals surface area contributed by atoms with Gasteiger partial charge in [-0.25, -0.2) is 4.98 Å². The first-order valence-corrected chi connectivity index (χ1v) is 8.39. The molecule has 0 saturated heterocycles. The highest BCUT2D eigenvalue weighted by Gasteiger charge is 2.06. The molecule has 3 rings (SSSR count). The van der Waals surface area contributed by atoms with Gasteiger partial charge in [-0.15, -0.1) is 0 Å². The second kappa shape index (κ2) is 8.31. The van der Waals surface area contributed by atoms with Crippen LogP contribution < -0.4 is 10.6 Å². The van der Waals surface area contributed by atoms with Gasteiger partial charge in [-0.3, -0.25) is 4.79 Å². The number of para-hydroxylation sites is 1. The minimum Gasteiger partial charge on any atom is -0.352 e. The molecule has 1 aromatic heterocycles. The predicted octanol–water partition coefficient (Wildman–Crippen LogP) is 4.45. The van der Waals surface area contributed by atoms with Gasteiger partial charge in [-0.05, 0) is 48.4 Å². The van der Waals surface area contributed by atoms with Gasteiger partial charge >= 0.3 is 0 Å². The fourth-order valence-electron chi connectivity index (χ4n) is 2.34. The summed E-state index contributed by atoms with van der Waals surface area (Å²) >= 11 is 5.86. The molecule has 0 bridgehead atoms. The van der Waals surface area contributed by atoms with Crippen molar-refractivity contribution >= 4 is 29.0 Å². The molecule has 0 aliphatic carbocycles. The molecular weight excluding hydrogens is 334 g/mol. The van der Waals surface area contributed by atoms with Gasteiger partial charge in [0.1, 0.15) is 5.82 Å². The van der Waals surface area contributed by atoms with Crippen LogP contribution in [-0.2, 0) is 6.42 Å². The fraction of sp³-hybridized carbons (Fsp3) is 0.100. The van der Waals surface area contributed by atoms with Gasteiger partial charge in [0.15, 0.2) is 0 Å². The van der Waals surface area contributed by atoms with E-state index in [0.717, 1.165) is 17.7 Å². The topological polar surface area (TPSA) is 54.0 Å². The number of rotatable bonds is 6. The van der Waals surface area contributed by atoms with Gasteiger partial charge in [0.2, 0.25) is 0 Å². The highest BCUT2D eigenvalue weighted by atomic mass is 35.5. The van der Waals surface area contributed by atoms with Crippen molar-refractivity contribution in [2.24, 2.45) is 0 Å². The maximum atomic E-state index is 12.2. The molecule has 1 amide bonds. The minimum absolute atomic E-state index is 0.132. The molecule has 0 saturated carbocycles. The first-order valence-electron chi connectivity index (χ1n) is 8.01. The van der Waals surface area contributed by atoms with Crippen molar-refractivity contribution in [3.63, 3.8) is 0 Å². The number of benzene rings is 2. The summed E-state index contributed by atoms with van der Waals surface area (Å²) in [5, 5.41) is 6.80. The monoisotopic (exact) mass is 351 g/mol. The number of amides is 1. The Bertz CT molecular complexity index is 818. The van der Waals surface area contributed by atoms with E-state index in [2.05, 4.69) is 15.6 Å². The van der Waals surface area contributed by atoms with Crippen molar-refractivity contribution in [2.45, 2.75) is 6.42 Å². The van der Waals surface area contributed by atoms with Crippen LogP contribution in [0.1, 0.15) is 15.9 Å². The Morgan fingerprint density at radius 2 is 1.72 bits per heavy atom. The average molecular weight is 352 g/mol. The Morgan fingerprint density at radius 1 is 0.960 bits per heavy atom. The smallest absolute Gasteiger partial charge is 0.252 e. The number of nitrogens with zero attached hydrogens (tertiary/aromatic N) is 1. The lowest BCUT2D eigenvalue weighted by atomic mass is 10.1. The number of hydrogen-bond donors (Lipinski definition) is 2. The normalized spacial score (nSPS) is 10.3. The molecule has 2 N–H and O–H groups in total. The number of nitrogens with one attached hydrogen (secondary N) is 2. The molecule has 0 atom stereocenters. The maximum absolute atomic E-state index is 12.2. The second-order valence-electron chi connectivity index (χ2n) is 5.56. The van der Waals surface area contributed by atoms with E-state index >= 15 is 0 Å². The Balaban J connectivity index is 1.51. The summed E-state index contributed by atoms with van der Waals surface area (Å²) in [6.07, 6.45) is 2.33. The Morgan fingerprint density at radius 3 is 2.40 bits per heavy atom. The standard InChI is InChI=1S/C20H18ClN3O/c21-17-9-6-15(7-10-17)12-13-22-20(25)16-8-11-19(23-14-16)24-18-4-2-1-3-5-18/h1-11,14H,12-13H2,(H,22,25)(H,23,24). The molecule has 1 heterocycles. The van der Waals surface area contributed by atoms with E-state index in [1.807, 2.05) is 54.6 Å². The molecule has 0 fully saturated rings. The van der Waals surface area contributed by atoms with E-state index in [1.165, 1.54) is 0 Å². The fourth-order valence-corrected chi connectivity index (χ4v) is 2.47. The van der Waals surface area contributed by atoms with E-state index in [1.54, 1.807) is 18.3 Å². The lowest BCUT2D eigenvalue weighted by Gasteiger charge is -2.07. The van der Waals surface area contributed by atoms with E-state index < -0.39 is 0 Å². The van der Waals surface area contributed by atoms with Crippen molar-refractivity contribution in [1.82, 2.24) is 10.3 Å². The minimum atomic E-state index is -0.132. The van der Waals surface area contributed by atoms with Crippen LogP contribution in [0, 0.1) is 0 Å². The molecule has 3 aromatic rings. The maximum Gasteiger partial charge on any atom is 0.252 e. The summed E-state index contributed by atoms with van der Waals surface area (Å²) in [5.41, 5.74) is 2.62. The predicted molar refractivity (Wildman–Crippen MR) is 101 cm³/mol. The summed E-state index contributed by atoms with van der Waals surface area (Å²) in [4.78, 5) is 16.5. The molecule has 126 valence electrons. The largest absolute Gasteiger partial charge is 0.352 e. The first-order chi connectivity index (χ1) is 12.2. The van der Waals surface area contributed by atoms with Crippen LogP contribution >= 0.6 is 11.6 Å².